The standard InChI is InChI=1S/C27H33N3O3/c1-33-25-10-8-20(9-11-25)26(31)29-16-12-21-17-22(6-7-23(21)18-29)27(32)30-15-4-5-24(30)19-28-13-2-3-14-28/h6-11,17,24H,2-5,12-16,18-19H2,1H3/t24-/m0/s1. The second kappa shape index (κ2) is 9.56. The van der Waals surface area contributed by atoms with Crippen LogP contribution in [-0.4, -0.2) is 72.4 Å². The van der Waals surface area contributed by atoms with Gasteiger partial charge in [-0.05, 0) is 92.7 Å². The normalized spacial score (nSPS) is 20.7. The Balaban J connectivity index is 1.25. The molecule has 0 spiro atoms. The zero-order chi connectivity index (χ0) is 22.8. The van der Waals surface area contributed by atoms with Gasteiger partial charge in [0.25, 0.3) is 11.8 Å². The molecule has 33 heavy (non-hydrogen) atoms. The molecular formula is C27H33N3O3. The molecule has 2 aromatic rings. The summed E-state index contributed by atoms with van der Waals surface area (Å²) < 4.78 is 5.19. The number of benzene rings is 2. The number of nitrogens with zero attached hydrogens (tertiary/aromatic N) is 3. The summed E-state index contributed by atoms with van der Waals surface area (Å²) in [6, 6.07) is 13.7. The Morgan fingerprint density at radius 1 is 0.879 bits per heavy atom. The first-order valence-corrected chi connectivity index (χ1v) is 12.2. The van der Waals surface area contributed by atoms with Gasteiger partial charge in [-0.15, -0.1) is 0 Å². The van der Waals surface area contributed by atoms with Crippen molar-refractivity contribution in [1.82, 2.24) is 14.7 Å². The summed E-state index contributed by atoms with van der Waals surface area (Å²) in [6.45, 7) is 5.46. The zero-order valence-electron chi connectivity index (χ0n) is 19.5. The van der Waals surface area contributed by atoms with Crippen LogP contribution >= 0.6 is 0 Å². The molecule has 0 bridgehead atoms. The smallest absolute Gasteiger partial charge is 0.254 e. The predicted molar refractivity (Wildman–Crippen MR) is 128 cm³/mol. The van der Waals surface area contributed by atoms with Gasteiger partial charge in [0.15, 0.2) is 0 Å². The van der Waals surface area contributed by atoms with E-state index in [9.17, 15) is 9.59 Å². The Kier molecular flexibility index (Phi) is 6.36. The molecule has 1 atom stereocenters. The highest BCUT2D eigenvalue weighted by Gasteiger charge is 2.32. The third-order valence-corrected chi connectivity index (χ3v) is 7.40. The molecule has 6 heteroatoms. The lowest BCUT2D eigenvalue weighted by molar-refractivity contribution is 0.0703. The molecule has 3 aliphatic heterocycles. The predicted octanol–water partition coefficient (Wildman–Crippen LogP) is 3.59. The van der Waals surface area contributed by atoms with Crippen molar-refractivity contribution in [3.8, 4) is 5.75 Å². The Morgan fingerprint density at radius 3 is 2.39 bits per heavy atom. The minimum Gasteiger partial charge on any atom is -0.497 e. The van der Waals surface area contributed by atoms with Gasteiger partial charge >= 0.3 is 0 Å². The molecule has 2 aromatic carbocycles. The van der Waals surface area contributed by atoms with Crippen LogP contribution in [0.25, 0.3) is 0 Å². The molecule has 5 rings (SSSR count). The van der Waals surface area contributed by atoms with E-state index in [4.69, 9.17) is 4.74 Å². The van der Waals surface area contributed by atoms with E-state index >= 15 is 0 Å². The summed E-state index contributed by atoms with van der Waals surface area (Å²) >= 11 is 0. The van der Waals surface area contributed by atoms with Crippen LogP contribution in [0.1, 0.15) is 57.5 Å². The molecule has 0 N–H and O–H groups in total. The highest BCUT2D eigenvalue weighted by Crippen LogP contribution is 2.26. The van der Waals surface area contributed by atoms with E-state index in [1.54, 1.807) is 7.11 Å². The van der Waals surface area contributed by atoms with Crippen LogP contribution in [-0.2, 0) is 13.0 Å². The number of hydrogen-bond donors (Lipinski definition) is 0. The van der Waals surface area contributed by atoms with Crippen LogP contribution < -0.4 is 4.74 Å². The third kappa shape index (κ3) is 4.62. The largest absolute Gasteiger partial charge is 0.497 e. The van der Waals surface area contributed by atoms with Crippen molar-refractivity contribution >= 4 is 11.8 Å². The number of likely N-dealkylation sites (tertiary alicyclic amines) is 2. The number of amides is 2. The number of carbonyl (C=O) groups excluding carboxylic acids is 2. The van der Waals surface area contributed by atoms with Crippen molar-refractivity contribution in [3.05, 3.63) is 64.7 Å². The fourth-order valence-corrected chi connectivity index (χ4v) is 5.50. The topological polar surface area (TPSA) is 53.1 Å². The minimum atomic E-state index is 0.0327. The van der Waals surface area contributed by atoms with E-state index in [0.29, 0.717) is 24.7 Å². The van der Waals surface area contributed by atoms with Crippen LogP contribution in [0.4, 0.5) is 0 Å². The summed E-state index contributed by atoms with van der Waals surface area (Å²) in [5, 5.41) is 0. The summed E-state index contributed by atoms with van der Waals surface area (Å²) in [4.78, 5) is 32.8. The molecule has 2 saturated heterocycles. The average Bonchev–Trinajstić information content (AvgIpc) is 3.55. The van der Waals surface area contributed by atoms with Crippen LogP contribution in [0.5, 0.6) is 5.75 Å². The van der Waals surface area contributed by atoms with Crippen LogP contribution in [0, 0.1) is 0 Å². The third-order valence-electron chi connectivity index (χ3n) is 7.40. The summed E-state index contributed by atoms with van der Waals surface area (Å²) in [5.41, 5.74) is 3.78. The second-order valence-corrected chi connectivity index (χ2v) is 9.49. The number of fused-ring (bicyclic) bond motifs is 1. The summed E-state index contributed by atoms with van der Waals surface area (Å²) in [6.07, 6.45) is 5.54. The van der Waals surface area contributed by atoms with Crippen LogP contribution in [0.15, 0.2) is 42.5 Å². The first-order valence-electron chi connectivity index (χ1n) is 12.2. The number of methoxy groups -OCH3 is 1. The zero-order valence-corrected chi connectivity index (χ0v) is 19.5. The summed E-state index contributed by atoms with van der Waals surface area (Å²) in [7, 11) is 1.62. The van der Waals surface area contributed by atoms with Gasteiger partial charge in [-0.3, -0.25) is 9.59 Å². The monoisotopic (exact) mass is 447 g/mol. The van der Waals surface area contributed by atoms with Gasteiger partial charge in [0.05, 0.1) is 7.11 Å². The number of ether oxygens (including phenoxy) is 1. The lowest BCUT2D eigenvalue weighted by atomic mass is 9.96. The van der Waals surface area contributed by atoms with Gasteiger partial charge in [0.1, 0.15) is 5.75 Å². The maximum absolute atomic E-state index is 13.4. The maximum atomic E-state index is 13.4. The van der Waals surface area contributed by atoms with Gasteiger partial charge < -0.3 is 19.4 Å². The molecular weight excluding hydrogens is 414 g/mol. The molecule has 0 unspecified atom stereocenters. The van der Waals surface area contributed by atoms with Crippen molar-refractivity contribution in [2.45, 2.75) is 44.7 Å². The second-order valence-electron chi connectivity index (χ2n) is 9.49. The van der Waals surface area contributed by atoms with E-state index in [1.165, 1.54) is 31.5 Å². The summed E-state index contributed by atoms with van der Waals surface area (Å²) in [5.74, 6) is 0.940. The van der Waals surface area contributed by atoms with E-state index in [2.05, 4.69) is 15.9 Å². The van der Waals surface area contributed by atoms with Crippen LogP contribution in [0.2, 0.25) is 0 Å². The molecule has 0 aliphatic carbocycles. The van der Waals surface area contributed by atoms with E-state index < -0.39 is 0 Å². The van der Waals surface area contributed by atoms with Gasteiger partial charge in [-0.25, -0.2) is 0 Å². The molecule has 174 valence electrons. The first-order chi connectivity index (χ1) is 16.1. The Morgan fingerprint density at radius 2 is 1.64 bits per heavy atom. The van der Waals surface area contributed by atoms with E-state index in [-0.39, 0.29) is 11.8 Å². The highest BCUT2D eigenvalue weighted by molar-refractivity contribution is 5.96. The van der Waals surface area contributed by atoms with Crippen molar-refractivity contribution < 1.29 is 14.3 Å². The lowest BCUT2D eigenvalue weighted by Gasteiger charge is -2.31. The van der Waals surface area contributed by atoms with Gasteiger partial charge in [-0.1, -0.05) is 6.07 Å². The van der Waals surface area contributed by atoms with Crippen molar-refractivity contribution in [2.24, 2.45) is 0 Å². The first kappa shape index (κ1) is 22.0. The number of rotatable bonds is 5. The molecule has 3 aliphatic rings. The minimum absolute atomic E-state index is 0.0327. The van der Waals surface area contributed by atoms with E-state index in [0.717, 1.165) is 49.2 Å². The number of hydrogen-bond acceptors (Lipinski definition) is 4. The molecule has 3 heterocycles. The Bertz CT molecular complexity index is 1010. The Hall–Kier alpha value is -2.86. The van der Waals surface area contributed by atoms with E-state index in [1.807, 2.05) is 41.3 Å². The van der Waals surface area contributed by atoms with Crippen molar-refractivity contribution in [2.75, 3.05) is 39.8 Å². The molecule has 0 radical (unpaired) electrons. The maximum Gasteiger partial charge on any atom is 0.254 e. The quantitative estimate of drug-likeness (QED) is 0.703. The van der Waals surface area contributed by atoms with Crippen molar-refractivity contribution in [1.29, 1.82) is 0 Å². The Labute approximate surface area is 196 Å². The molecule has 0 aromatic heterocycles. The van der Waals surface area contributed by atoms with Crippen LogP contribution in [0.3, 0.4) is 0 Å². The van der Waals surface area contributed by atoms with Crippen molar-refractivity contribution in [3.63, 3.8) is 0 Å². The van der Waals surface area contributed by atoms with Gasteiger partial charge in [-0.2, -0.15) is 0 Å². The van der Waals surface area contributed by atoms with Gasteiger partial charge in [0.2, 0.25) is 0 Å². The number of carbonyl (C=O) groups is 2. The SMILES string of the molecule is COc1ccc(C(=O)N2CCc3cc(C(=O)N4CCC[C@H]4CN4CCCC4)ccc3C2)cc1. The molecule has 0 saturated carbocycles. The highest BCUT2D eigenvalue weighted by atomic mass is 16.5. The lowest BCUT2D eigenvalue weighted by Crippen LogP contribution is -2.42. The molecule has 2 amide bonds. The fourth-order valence-electron chi connectivity index (χ4n) is 5.50. The molecule has 2 fully saturated rings. The molecule has 6 nitrogen and oxygen atoms in total. The fraction of sp³-hybridized carbons (Fsp3) is 0.481. The van der Waals surface area contributed by atoms with Gasteiger partial charge in [0, 0.05) is 43.3 Å². The average molecular weight is 448 g/mol.